The van der Waals surface area contributed by atoms with Crippen molar-refractivity contribution in [1.29, 1.82) is 0 Å². The molecule has 0 amide bonds. The van der Waals surface area contributed by atoms with Gasteiger partial charge in [-0.2, -0.15) is 0 Å². The van der Waals surface area contributed by atoms with Crippen molar-refractivity contribution in [2.75, 3.05) is 19.8 Å². The zero-order chi connectivity index (χ0) is 34.2. The second kappa shape index (κ2) is 15.2. The standard InChI is InChI=1S/C39H67N3O6/c1-24(2)9-7-10-25(3)31-13-14-32-30-12-11-27-21-29(15-17-38(27,5)33(30)16-18-39(31,32)6)46-20-8-19-42-22-28(40-41-42)23-47-37-36(45)35(44)34(43)26(4)48-37/h11,22,24-26,29-37,40-41,43-45H,7-10,12-21,23H2,1-6H3/t25-,26+,29+,30+,31-,32+,33+,34+,35-,36-,37-,38+,39-/m1/s1. The average molecular weight is 674 g/mol. The molecule has 13 atom stereocenters. The molecule has 6 rings (SSSR count). The molecule has 5 N–H and O–H groups in total. The van der Waals surface area contributed by atoms with Crippen molar-refractivity contribution in [3.05, 3.63) is 23.5 Å². The largest absolute Gasteiger partial charge is 0.388 e. The Bertz CT molecular complexity index is 1150. The van der Waals surface area contributed by atoms with Crippen molar-refractivity contribution in [2.24, 2.45) is 46.3 Å². The first-order valence-corrected chi connectivity index (χ1v) is 19.5. The molecule has 0 radical (unpaired) electrons. The van der Waals surface area contributed by atoms with Crippen LogP contribution in [-0.4, -0.2) is 76.9 Å². The van der Waals surface area contributed by atoms with Gasteiger partial charge in [0.1, 0.15) is 18.3 Å². The fourth-order valence-corrected chi connectivity index (χ4v) is 11.2. The summed E-state index contributed by atoms with van der Waals surface area (Å²) < 4.78 is 17.7. The Balaban J connectivity index is 0.937. The second-order valence-corrected chi connectivity index (χ2v) is 17.5. The Hall–Kier alpha value is -1.20. The first kappa shape index (κ1) is 36.6. The number of aliphatic hydroxyl groups excluding tert-OH is 3. The molecule has 0 bridgehead atoms. The summed E-state index contributed by atoms with van der Waals surface area (Å²) in [7, 11) is 0. The number of aliphatic hydroxyl groups is 3. The maximum Gasteiger partial charge on any atom is 0.186 e. The molecule has 0 aromatic rings. The van der Waals surface area contributed by atoms with Crippen LogP contribution < -0.4 is 11.0 Å². The van der Waals surface area contributed by atoms with Crippen LogP contribution in [0.25, 0.3) is 0 Å². The van der Waals surface area contributed by atoms with Gasteiger partial charge >= 0.3 is 0 Å². The quantitative estimate of drug-likeness (QED) is 0.122. The van der Waals surface area contributed by atoms with Crippen LogP contribution in [0.2, 0.25) is 0 Å². The molecule has 1 saturated heterocycles. The number of nitrogens with zero attached hydrogens (tertiary/aromatic N) is 1. The molecule has 2 aliphatic heterocycles. The van der Waals surface area contributed by atoms with Crippen molar-refractivity contribution >= 4 is 0 Å². The second-order valence-electron chi connectivity index (χ2n) is 17.5. The molecule has 6 aliphatic rings. The molecule has 0 spiro atoms. The van der Waals surface area contributed by atoms with Gasteiger partial charge in [0.25, 0.3) is 0 Å². The van der Waals surface area contributed by atoms with Crippen molar-refractivity contribution in [2.45, 2.75) is 155 Å². The predicted molar refractivity (Wildman–Crippen MR) is 187 cm³/mol. The van der Waals surface area contributed by atoms with Crippen LogP contribution in [0, 0.1) is 46.3 Å². The highest BCUT2D eigenvalue weighted by molar-refractivity contribution is 5.25. The lowest BCUT2D eigenvalue weighted by Gasteiger charge is -2.58. The summed E-state index contributed by atoms with van der Waals surface area (Å²) >= 11 is 0. The average Bonchev–Trinajstić information content (AvgIpc) is 3.66. The van der Waals surface area contributed by atoms with Crippen LogP contribution in [0.1, 0.15) is 119 Å². The lowest BCUT2D eigenvalue weighted by molar-refractivity contribution is -0.291. The monoisotopic (exact) mass is 674 g/mol. The van der Waals surface area contributed by atoms with E-state index in [2.05, 4.69) is 51.7 Å². The molecule has 0 unspecified atom stereocenters. The van der Waals surface area contributed by atoms with E-state index in [4.69, 9.17) is 14.2 Å². The van der Waals surface area contributed by atoms with E-state index in [0.29, 0.717) is 16.9 Å². The minimum absolute atomic E-state index is 0.174. The van der Waals surface area contributed by atoms with E-state index < -0.39 is 30.7 Å². The highest BCUT2D eigenvalue weighted by Crippen LogP contribution is 2.67. The summed E-state index contributed by atoms with van der Waals surface area (Å²) in [6.07, 6.45) is 15.3. The van der Waals surface area contributed by atoms with Gasteiger partial charge in [0.15, 0.2) is 6.29 Å². The number of allylic oxidation sites excluding steroid dienone is 1. The molecule has 9 heteroatoms. The summed E-state index contributed by atoms with van der Waals surface area (Å²) in [4.78, 5) is 0. The van der Waals surface area contributed by atoms with Gasteiger partial charge < -0.3 is 35.0 Å². The molecule has 0 aromatic heterocycles. The third-order valence-corrected chi connectivity index (χ3v) is 14.0. The Morgan fingerprint density at radius 2 is 1.77 bits per heavy atom. The highest BCUT2D eigenvalue weighted by atomic mass is 16.7. The summed E-state index contributed by atoms with van der Waals surface area (Å²) in [5.41, 5.74) is 9.61. The van der Waals surface area contributed by atoms with E-state index in [9.17, 15) is 15.3 Å². The minimum atomic E-state index is -1.31. The molecule has 3 saturated carbocycles. The molecule has 4 aliphatic carbocycles. The first-order chi connectivity index (χ1) is 22.9. The number of hydrogen-bond donors (Lipinski definition) is 5. The molecule has 9 nitrogen and oxygen atoms in total. The molecule has 2 heterocycles. The van der Waals surface area contributed by atoms with Crippen LogP contribution in [-0.2, 0) is 14.2 Å². The van der Waals surface area contributed by atoms with Gasteiger partial charge in [0, 0.05) is 19.4 Å². The predicted octanol–water partition coefficient (Wildman–Crippen LogP) is 5.81. The molecular weight excluding hydrogens is 606 g/mol. The molecule has 4 fully saturated rings. The molecular formula is C39H67N3O6. The van der Waals surface area contributed by atoms with Gasteiger partial charge in [-0.3, -0.25) is 5.01 Å². The van der Waals surface area contributed by atoms with E-state index in [1.54, 1.807) is 12.5 Å². The topological polar surface area (TPSA) is 116 Å². The lowest BCUT2D eigenvalue weighted by atomic mass is 9.47. The van der Waals surface area contributed by atoms with Crippen LogP contribution in [0.15, 0.2) is 23.5 Å². The number of hydrazine groups is 2. The van der Waals surface area contributed by atoms with Crippen LogP contribution in [0.3, 0.4) is 0 Å². The smallest absolute Gasteiger partial charge is 0.186 e. The van der Waals surface area contributed by atoms with E-state index >= 15 is 0 Å². The number of rotatable bonds is 13. The van der Waals surface area contributed by atoms with Crippen molar-refractivity contribution in [3.8, 4) is 0 Å². The van der Waals surface area contributed by atoms with Crippen LogP contribution >= 0.6 is 0 Å². The Morgan fingerprint density at radius 1 is 0.958 bits per heavy atom. The molecule has 274 valence electrons. The van der Waals surface area contributed by atoms with Crippen LogP contribution in [0.4, 0.5) is 0 Å². The van der Waals surface area contributed by atoms with Gasteiger partial charge in [-0.1, -0.05) is 65.5 Å². The minimum Gasteiger partial charge on any atom is -0.388 e. The summed E-state index contributed by atoms with van der Waals surface area (Å²) in [6.45, 7) is 16.0. The third kappa shape index (κ3) is 7.40. The van der Waals surface area contributed by atoms with E-state index in [-0.39, 0.29) is 6.61 Å². The van der Waals surface area contributed by atoms with E-state index in [0.717, 1.165) is 67.2 Å². The van der Waals surface area contributed by atoms with Crippen molar-refractivity contribution < 1.29 is 29.5 Å². The van der Waals surface area contributed by atoms with Crippen molar-refractivity contribution in [1.82, 2.24) is 16.0 Å². The number of hydrogen-bond acceptors (Lipinski definition) is 9. The summed E-state index contributed by atoms with van der Waals surface area (Å²) in [5, 5.41) is 32.1. The normalized spacial score (nSPS) is 43.2. The van der Waals surface area contributed by atoms with E-state index in [1.165, 1.54) is 64.2 Å². The Morgan fingerprint density at radius 3 is 2.56 bits per heavy atom. The van der Waals surface area contributed by atoms with Gasteiger partial charge in [-0.25, -0.2) is 0 Å². The van der Waals surface area contributed by atoms with E-state index in [1.807, 2.05) is 11.2 Å². The number of nitrogens with one attached hydrogen (secondary N) is 2. The van der Waals surface area contributed by atoms with Gasteiger partial charge in [-0.15, -0.1) is 5.53 Å². The third-order valence-electron chi connectivity index (χ3n) is 14.0. The first-order valence-electron chi connectivity index (χ1n) is 19.5. The lowest BCUT2D eigenvalue weighted by Crippen LogP contribution is -2.57. The fraction of sp³-hybridized carbons (Fsp3) is 0.897. The molecule has 48 heavy (non-hydrogen) atoms. The highest BCUT2D eigenvalue weighted by Gasteiger charge is 2.59. The van der Waals surface area contributed by atoms with Gasteiger partial charge in [0.05, 0.1) is 24.5 Å². The van der Waals surface area contributed by atoms with Gasteiger partial charge in [0.2, 0.25) is 0 Å². The van der Waals surface area contributed by atoms with Crippen molar-refractivity contribution in [3.63, 3.8) is 0 Å². The molecule has 0 aromatic carbocycles. The van der Waals surface area contributed by atoms with Crippen LogP contribution in [0.5, 0.6) is 0 Å². The number of ether oxygens (including phenoxy) is 3. The number of fused-ring (bicyclic) bond motifs is 5. The summed E-state index contributed by atoms with van der Waals surface area (Å²) in [5.74, 6) is 5.23. The maximum absolute atomic E-state index is 10.2. The SMILES string of the molecule is CC(C)CCC[C@@H](C)[C@H]1CC[C@H]2[C@@H]3CC=C4C[C@@H](OCCCN5C=C(CO[C@@H]6O[C@@H](C)[C@H](O)[C@@H](O)[C@H]6O)NN5)CC[C@]4(C)[C@H]3CC[C@]12C. The van der Waals surface area contributed by atoms with Gasteiger partial charge in [-0.05, 0) is 111 Å². The maximum atomic E-state index is 10.2. The zero-order valence-corrected chi connectivity index (χ0v) is 30.7. The fourth-order valence-electron chi connectivity index (χ4n) is 11.2. The Kier molecular flexibility index (Phi) is 11.6. The summed E-state index contributed by atoms with van der Waals surface area (Å²) in [6, 6.07) is 0. The zero-order valence-electron chi connectivity index (χ0n) is 30.7. The Labute approximate surface area is 290 Å².